The highest BCUT2D eigenvalue weighted by Crippen LogP contribution is 2.12. The minimum absolute atomic E-state index is 0.307. The Hall–Kier alpha value is -1.29. The Bertz CT molecular complexity index is 291. The zero-order valence-corrected chi connectivity index (χ0v) is 9.87. The Morgan fingerprint density at radius 3 is 2.62 bits per heavy atom. The largest absolute Gasteiger partial charge is 0.396 e. The number of hydrogen-bond donors (Lipinski definition) is 3. The standard InChI is InChI=1S/C12H21N3O/c1-13-11-8-12(10-14-9-11)15-6-4-2-3-5-7-16/h8-10,13,15-16H,2-7H2,1H3. The van der Waals surface area contributed by atoms with Gasteiger partial charge in [-0.3, -0.25) is 4.98 Å². The third-order valence-electron chi connectivity index (χ3n) is 2.44. The number of pyridine rings is 1. The van der Waals surface area contributed by atoms with Crippen molar-refractivity contribution in [3.05, 3.63) is 18.5 Å². The summed E-state index contributed by atoms with van der Waals surface area (Å²) in [5, 5.41) is 15.0. The first-order chi connectivity index (χ1) is 7.86. The monoisotopic (exact) mass is 223 g/mol. The van der Waals surface area contributed by atoms with E-state index in [4.69, 9.17) is 5.11 Å². The number of nitrogens with one attached hydrogen (secondary N) is 2. The number of aliphatic hydroxyl groups excluding tert-OH is 1. The maximum atomic E-state index is 8.63. The van der Waals surface area contributed by atoms with E-state index in [0.29, 0.717) is 6.61 Å². The second-order valence-electron chi connectivity index (χ2n) is 3.78. The first-order valence-electron chi connectivity index (χ1n) is 5.84. The topological polar surface area (TPSA) is 57.2 Å². The van der Waals surface area contributed by atoms with E-state index in [1.165, 1.54) is 0 Å². The number of nitrogens with zero attached hydrogens (tertiary/aromatic N) is 1. The second kappa shape index (κ2) is 7.93. The average Bonchev–Trinajstić information content (AvgIpc) is 2.34. The van der Waals surface area contributed by atoms with Crippen LogP contribution in [-0.2, 0) is 0 Å². The molecule has 0 saturated carbocycles. The fourth-order valence-electron chi connectivity index (χ4n) is 1.50. The molecule has 0 aliphatic carbocycles. The predicted octanol–water partition coefficient (Wildman–Crippen LogP) is 2.09. The SMILES string of the molecule is CNc1cncc(NCCCCCCO)c1. The summed E-state index contributed by atoms with van der Waals surface area (Å²) in [6, 6.07) is 2.04. The van der Waals surface area contributed by atoms with E-state index in [-0.39, 0.29) is 0 Å². The zero-order chi connectivity index (χ0) is 11.6. The van der Waals surface area contributed by atoms with Crippen LogP contribution in [0.2, 0.25) is 0 Å². The molecular formula is C12H21N3O. The molecule has 3 N–H and O–H groups in total. The summed E-state index contributed by atoms with van der Waals surface area (Å²) in [6.45, 7) is 1.27. The van der Waals surface area contributed by atoms with Gasteiger partial charge in [-0.1, -0.05) is 12.8 Å². The average molecular weight is 223 g/mol. The van der Waals surface area contributed by atoms with Crippen molar-refractivity contribution in [1.29, 1.82) is 0 Å². The van der Waals surface area contributed by atoms with Crippen molar-refractivity contribution < 1.29 is 5.11 Å². The lowest BCUT2D eigenvalue weighted by atomic mass is 10.2. The Labute approximate surface area is 97.1 Å². The van der Waals surface area contributed by atoms with Crippen LogP contribution in [0.25, 0.3) is 0 Å². The molecule has 0 atom stereocenters. The Morgan fingerprint density at radius 2 is 1.88 bits per heavy atom. The summed E-state index contributed by atoms with van der Waals surface area (Å²) in [4.78, 5) is 4.13. The van der Waals surface area contributed by atoms with Gasteiger partial charge in [0.05, 0.1) is 23.8 Å². The van der Waals surface area contributed by atoms with Crippen LogP contribution in [0, 0.1) is 0 Å². The highest BCUT2D eigenvalue weighted by atomic mass is 16.2. The van der Waals surface area contributed by atoms with Crippen LogP contribution in [0.5, 0.6) is 0 Å². The molecule has 0 aromatic carbocycles. The van der Waals surface area contributed by atoms with Crippen LogP contribution in [0.3, 0.4) is 0 Å². The minimum Gasteiger partial charge on any atom is -0.396 e. The number of aromatic nitrogens is 1. The number of unbranched alkanes of at least 4 members (excludes halogenated alkanes) is 3. The number of anilines is 2. The van der Waals surface area contributed by atoms with E-state index in [1.54, 1.807) is 6.20 Å². The number of hydrogen-bond acceptors (Lipinski definition) is 4. The maximum Gasteiger partial charge on any atom is 0.0547 e. The van der Waals surface area contributed by atoms with E-state index >= 15 is 0 Å². The smallest absolute Gasteiger partial charge is 0.0547 e. The van der Waals surface area contributed by atoms with Gasteiger partial charge in [-0.15, -0.1) is 0 Å². The van der Waals surface area contributed by atoms with Crippen molar-refractivity contribution in [3.8, 4) is 0 Å². The summed E-state index contributed by atoms with van der Waals surface area (Å²) < 4.78 is 0. The van der Waals surface area contributed by atoms with Gasteiger partial charge in [0.1, 0.15) is 0 Å². The molecule has 16 heavy (non-hydrogen) atoms. The van der Waals surface area contributed by atoms with Gasteiger partial charge >= 0.3 is 0 Å². The molecule has 90 valence electrons. The van der Waals surface area contributed by atoms with E-state index in [0.717, 1.165) is 43.6 Å². The van der Waals surface area contributed by atoms with Gasteiger partial charge in [0.25, 0.3) is 0 Å². The quantitative estimate of drug-likeness (QED) is 0.591. The predicted molar refractivity (Wildman–Crippen MR) is 67.8 cm³/mol. The first-order valence-corrected chi connectivity index (χ1v) is 5.84. The van der Waals surface area contributed by atoms with Crippen molar-refractivity contribution in [3.63, 3.8) is 0 Å². The van der Waals surface area contributed by atoms with Crippen LogP contribution in [0.15, 0.2) is 18.5 Å². The van der Waals surface area contributed by atoms with E-state index in [1.807, 2.05) is 19.3 Å². The number of aliphatic hydroxyl groups is 1. The molecule has 0 unspecified atom stereocenters. The van der Waals surface area contributed by atoms with E-state index in [2.05, 4.69) is 15.6 Å². The summed E-state index contributed by atoms with van der Waals surface area (Å²) in [7, 11) is 1.88. The van der Waals surface area contributed by atoms with Crippen LogP contribution in [-0.4, -0.2) is 30.3 Å². The molecule has 0 radical (unpaired) electrons. The van der Waals surface area contributed by atoms with Crippen LogP contribution in [0.4, 0.5) is 11.4 Å². The zero-order valence-electron chi connectivity index (χ0n) is 9.87. The van der Waals surface area contributed by atoms with Crippen LogP contribution >= 0.6 is 0 Å². The maximum absolute atomic E-state index is 8.63. The van der Waals surface area contributed by atoms with Crippen molar-refractivity contribution in [2.75, 3.05) is 30.8 Å². The highest BCUT2D eigenvalue weighted by Gasteiger charge is 1.94. The molecule has 0 aliphatic heterocycles. The lowest BCUT2D eigenvalue weighted by molar-refractivity contribution is 0.283. The van der Waals surface area contributed by atoms with Gasteiger partial charge in [-0.25, -0.2) is 0 Å². The third kappa shape index (κ3) is 4.98. The molecule has 1 aromatic heterocycles. The number of rotatable bonds is 8. The lowest BCUT2D eigenvalue weighted by Gasteiger charge is -2.07. The van der Waals surface area contributed by atoms with Crippen molar-refractivity contribution in [2.45, 2.75) is 25.7 Å². The van der Waals surface area contributed by atoms with Gasteiger partial charge in [-0.05, 0) is 18.9 Å². The van der Waals surface area contributed by atoms with Gasteiger partial charge in [-0.2, -0.15) is 0 Å². The van der Waals surface area contributed by atoms with Gasteiger partial charge in [0.15, 0.2) is 0 Å². The minimum atomic E-state index is 0.307. The third-order valence-corrected chi connectivity index (χ3v) is 2.44. The van der Waals surface area contributed by atoms with Crippen molar-refractivity contribution >= 4 is 11.4 Å². The molecule has 4 nitrogen and oxygen atoms in total. The molecule has 4 heteroatoms. The van der Waals surface area contributed by atoms with E-state index < -0.39 is 0 Å². The molecule has 0 bridgehead atoms. The summed E-state index contributed by atoms with van der Waals surface area (Å²) >= 11 is 0. The summed E-state index contributed by atoms with van der Waals surface area (Å²) in [5.74, 6) is 0. The fraction of sp³-hybridized carbons (Fsp3) is 0.583. The second-order valence-corrected chi connectivity index (χ2v) is 3.78. The fourth-order valence-corrected chi connectivity index (χ4v) is 1.50. The Kier molecular flexibility index (Phi) is 6.33. The highest BCUT2D eigenvalue weighted by molar-refractivity contribution is 5.53. The van der Waals surface area contributed by atoms with Gasteiger partial charge < -0.3 is 15.7 Å². The summed E-state index contributed by atoms with van der Waals surface area (Å²) in [6.07, 6.45) is 7.93. The molecule has 0 fully saturated rings. The molecule has 1 heterocycles. The first kappa shape index (κ1) is 12.8. The molecule has 0 spiro atoms. The Balaban J connectivity index is 2.16. The lowest BCUT2D eigenvalue weighted by Crippen LogP contribution is -2.02. The van der Waals surface area contributed by atoms with Crippen LogP contribution < -0.4 is 10.6 Å². The Morgan fingerprint density at radius 1 is 1.12 bits per heavy atom. The molecule has 0 saturated heterocycles. The normalized spacial score (nSPS) is 10.1. The van der Waals surface area contributed by atoms with Crippen LogP contribution in [0.1, 0.15) is 25.7 Å². The molecule has 1 aromatic rings. The van der Waals surface area contributed by atoms with Crippen molar-refractivity contribution in [1.82, 2.24) is 4.98 Å². The van der Waals surface area contributed by atoms with Crippen molar-refractivity contribution in [2.24, 2.45) is 0 Å². The molecule has 0 aliphatic rings. The molecule has 0 amide bonds. The molecule has 1 rings (SSSR count). The van der Waals surface area contributed by atoms with Gasteiger partial charge in [0.2, 0.25) is 0 Å². The van der Waals surface area contributed by atoms with Gasteiger partial charge in [0, 0.05) is 20.2 Å². The molecular weight excluding hydrogens is 202 g/mol. The summed E-state index contributed by atoms with van der Waals surface area (Å²) in [5.41, 5.74) is 2.07. The van der Waals surface area contributed by atoms with E-state index in [9.17, 15) is 0 Å².